The fraction of sp³-hybridized carbons (Fsp3) is 1.00. The molecule has 1 nitrogen and oxygen atoms in total. The predicted octanol–water partition coefficient (Wildman–Crippen LogP) is 1.35. The Kier molecular flexibility index (Phi) is 0.793. The van der Waals surface area contributed by atoms with Crippen LogP contribution < -0.4 is 5.32 Å². The second-order valence-corrected chi connectivity index (χ2v) is 6.25. The van der Waals surface area contributed by atoms with Gasteiger partial charge in [-0.25, -0.2) is 0 Å². The molecule has 6 rings (SSSR count). The van der Waals surface area contributed by atoms with Crippen LogP contribution >= 0.6 is 0 Å². The molecular formula is C12H17N. The van der Waals surface area contributed by atoms with E-state index in [0.717, 1.165) is 17.9 Å². The molecule has 0 saturated heterocycles. The first-order chi connectivity index (χ1) is 6.42. The summed E-state index contributed by atoms with van der Waals surface area (Å²) in [5.74, 6) is 9.44. The molecule has 13 heavy (non-hydrogen) atoms. The summed E-state index contributed by atoms with van der Waals surface area (Å²) in [5, 5.41) is 3.64. The van der Waals surface area contributed by atoms with E-state index >= 15 is 0 Å². The quantitative estimate of drug-likeness (QED) is 0.634. The molecule has 0 heterocycles. The van der Waals surface area contributed by atoms with Gasteiger partial charge in [-0.05, 0) is 67.2 Å². The molecular weight excluding hydrogens is 158 g/mol. The van der Waals surface area contributed by atoms with Crippen LogP contribution in [-0.4, -0.2) is 13.1 Å². The Labute approximate surface area is 79.3 Å². The van der Waals surface area contributed by atoms with E-state index in [9.17, 15) is 0 Å². The van der Waals surface area contributed by atoms with Crippen molar-refractivity contribution in [3.8, 4) is 0 Å². The van der Waals surface area contributed by atoms with Crippen molar-refractivity contribution in [3.05, 3.63) is 0 Å². The van der Waals surface area contributed by atoms with Crippen LogP contribution in [0.25, 0.3) is 0 Å². The van der Waals surface area contributed by atoms with Gasteiger partial charge in [0.15, 0.2) is 0 Å². The van der Waals surface area contributed by atoms with E-state index in [0.29, 0.717) is 0 Å². The van der Waals surface area contributed by atoms with Crippen LogP contribution in [-0.2, 0) is 0 Å². The molecule has 0 aromatic carbocycles. The van der Waals surface area contributed by atoms with E-state index in [4.69, 9.17) is 0 Å². The topological polar surface area (TPSA) is 12.0 Å². The number of nitrogens with one attached hydrogen (secondary N) is 1. The van der Waals surface area contributed by atoms with Gasteiger partial charge in [0.2, 0.25) is 0 Å². The predicted molar refractivity (Wildman–Crippen MR) is 50.0 cm³/mol. The van der Waals surface area contributed by atoms with Gasteiger partial charge in [0.1, 0.15) is 0 Å². The molecule has 0 amide bonds. The molecule has 0 aromatic rings. The van der Waals surface area contributed by atoms with Gasteiger partial charge >= 0.3 is 0 Å². The number of hydrogen-bond acceptors (Lipinski definition) is 1. The Hall–Kier alpha value is -0.0400. The largest absolute Gasteiger partial charge is 0.316 e. The van der Waals surface area contributed by atoms with Crippen LogP contribution in [0.2, 0.25) is 0 Å². The summed E-state index contributed by atoms with van der Waals surface area (Å²) in [5.41, 5.74) is 0. The maximum Gasteiger partial charge on any atom is 0.0132 e. The lowest BCUT2D eigenvalue weighted by molar-refractivity contribution is 0.132. The molecule has 6 aliphatic rings. The highest BCUT2D eigenvalue weighted by molar-refractivity contribution is 5.29. The van der Waals surface area contributed by atoms with E-state index in [1.54, 1.807) is 12.8 Å². The summed E-state index contributed by atoms with van der Waals surface area (Å²) in [6.07, 6.45) is 3.27. The van der Waals surface area contributed by atoms with E-state index in [2.05, 4.69) is 12.4 Å². The molecule has 0 aromatic heterocycles. The van der Waals surface area contributed by atoms with Crippen molar-refractivity contribution in [1.82, 2.24) is 5.32 Å². The highest BCUT2D eigenvalue weighted by Crippen LogP contribution is 2.82. The van der Waals surface area contributed by atoms with Crippen molar-refractivity contribution < 1.29 is 0 Å². The van der Waals surface area contributed by atoms with Gasteiger partial charge < -0.3 is 5.32 Å². The SMILES string of the molecule is CNC1[C@@H]2[C@@H]3C[C@@H]4[C@@H]5C[C@@H]([C@H]1[C@H]53)[C@@H]42. The normalized spacial score (nSPS) is 79.6. The molecule has 9 atom stereocenters. The third-order valence-corrected chi connectivity index (χ3v) is 6.66. The van der Waals surface area contributed by atoms with Crippen LogP contribution in [0.4, 0.5) is 0 Å². The zero-order chi connectivity index (χ0) is 8.32. The van der Waals surface area contributed by atoms with E-state index in [1.807, 2.05) is 0 Å². The first-order valence-corrected chi connectivity index (χ1v) is 6.09. The van der Waals surface area contributed by atoms with Crippen molar-refractivity contribution in [2.75, 3.05) is 7.05 Å². The fourth-order valence-corrected chi connectivity index (χ4v) is 7.01. The van der Waals surface area contributed by atoms with Gasteiger partial charge in [0.25, 0.3) is 0 Å². The molecule has 1 N–H and O–H groups in total. The summed E-state index contributed by atoms with van der Waals surface area (Å²) in [7, 11) is 2.20. The highest BCUT2D eigenvalue weighted by Gasteiger charge is 2.79. The average molecular weight is 175 g/mol. The Bertz CT molecular complexity index is 271. The highest BCUT2D eigenvalue weighted by atomic mass is 15.0. The Morgan fingerprint density at radius 1 is 0.769 bits per heavy atom. The lowest BCUT2D eigenvalue weighted by atomic mass is 9.71. The molecule has 70 valence electrons. The van der Waals surface area contributed by atoms with Crippen molar-refractivity contribution in [1.29, 1.82) is 0 Å². The number of hydrogen-bond donors (Lipinski definition) is 1. The van der Waals surface area contributed by atoms with Gasteiger partial charge in [-0.3, -0.25) is 0 Å². The summed E-state index contributed by atoms with van der Waals surface area (Å²) in [6.45, 7) is 0. The maximum absolute atomic E-state index is 3.64. The van der Waals surface area contributed by atoms with Gasteiger partial charge in [-0.15, -0.1) is 0 Å². The minimum Gasteiger partial charge on any atom is -0.316 e. The minimum atomic E-state index is 0.947. The van der Waals surface area contributed by atoms with Crippen molar-refractivity contribution >= 4 is 0 Å². The Balaban J connectivity index is 1.79. The smallest absolute Gasteiger partial charge is 0.0132 e. The van der Waals surface area contributed by atoms with Gasteiger partial charge in [0.05, 0.1) is 0 Å². The van der Waals surface area contributed by atoms with Gasteiger partial charge in [-0.2, -0.15) is 0 Å². The fourth-order valence-electron chi connectivity index (χ4n) is 7.01. The Morgan fingerprint density at radius 2 is 1.31 bits per heavy atom. The minimum absolute atomic E-state index is 0.947. The summed E-state index contributed by atoms with van der Waals surface area (Å²) < 4.78 is 0. The summed E-state index contributed by atoms with van der Waals surface area (Å²) in [4.78, 5) is 0. The first kappa shape index (κ1) is 6.44. The summed E-state index contributed by atoms with van der Waals surface area (Å²) in [6, 6.07) is 0.947. The number of rotatable bonds is 1. The molecule has 0 radical (unpaired) electrons. The van der Waals surface area contributed by atoms with Crippen LogP contribution in [0.5, 0.6) is 0 Å². The van der Waals surface area contributed by atoms with Crippen LogP contribution in [0, 0.1) is 47.3 Å². The molecule has 1 unspecified atom stereocenters. The zero-order valence-corrected chi connectivity index (χ0v) is 8.11. The first-order valence-electron chi connectivity index (χ1n) is 6.09. The van der Waals surface area contributed by atoms with Gasteiger partial charge in [-0.1, -0.05) is 0 Å². The van der Waals surface area contributed by atoms with E-state index in [1.165, 1.54) is 35.5 Å². The lowest BCUT2D eigenvalue weighted by Gasteiger charge is -2.33. The lowest BCUT2D eigenvalue weighted by Crippen LogP contribution is -2.31. The third-order valence-electron chi connectivity index (χ3n) is 6.66. The molecule has 6 saturated carbocycles. The van der Waals surface area contributed by atoms with Crippen molar-refractivity contribution in [2.24, 2.45) is 47.3 Å². The van der Waals surface area contributed by atoms with Crippen LogP contribution in [0.15, 0.2) is 0 Å². The zero-order valence-electron chi connectivity index (χ0n) is 8.11. The standard InChI is InChI=1S/C12H17N/c1-13-12-10-6-2-4-5-3-7(8(4)10)11(12)9(5)6/h4-13H,2-3H2,1H3/t4-,5+,6-,7-,8-,9-,10-,11+,12?/m1/s1. The second kappa shape index (κ2) is 1.60. The maximum atomic E-state index is 3.64. The van der Waals surface area contributed by atoms with E-state index < -0.39 is 0 Å². The summed E-state index contributed by atoms with van der Waals surface area (Å²) >= 11 is 0. The van der Waals surface area contributed by atoms with E-state index in [-0.39, 0.29) is 0 Å². The van der Waals surface area contributed by atoms with Gasteiger partial charge in [0, 0.05) is 6.04 Å². The average Bonchev–Trinajstić information content (AvgIpc) is 2.78. The third kappa shape index (κ3) is 0.407. The van der Waals surface area contributed by atoms with Crippen LogP contribution in [0.1, 0.15) is 12.8 Å². The Morgan fingerprint density at radius 3 is 1.77 bits per heavy atom. The molecule has 0 spiro atoms. The molecule has 1 heteroatoms. The molecule has 6 aliphatic carbocycles. The van der Waals surface area contributed by atoms with Crippen LogP contribution in [0.3, 0.4) is 0 Å². The molecule has 0 aliphatic heterocycles. The van der Waals surface area contributed by atoms with Crippen molar-refractivity contribution in [2.45, 2.75) is 18.9 Å². The molecule has 6 bridgehead atoms. The molecule has 6 fully saturated rings. The van der Waals surface area contributed by atoms with Crippen molar-refractivity contribution in [3.63, 3.8) is 0 Å². The second-order valence-electron chi connectivity index (χ2n) is 6.25. The monoisotopic (exact) mass is 175 g/mol.